The van der Waals surface area contributed by atoms with Crippen LogP contribution in [0.15, 0.2) is 22.9 Å². The summed E-state index contributed by atoms with van der Waals surface area (Å²) in [6, 6.07) is 3.02. The smallest absolute Gasteiger partial charge is 0.248 e. The van der Waals surface area contributed by atoms with E-state index in [1.54, 1.807) is 18.3 Å². The summed E-state index contributed by atoms with van der Waals surface area (Å²) in [7, 11) is 0. The van der Waals surface area contributed by atoms with E-state index in [1.807, 2.05) is 39.5 Å². The molecule has 0 spiro atoms. The summed E-state index contributed by atoms with van der Waals surface area (Å²) in [5.74, 6) is 1.49. The number of anilines is 2. The van der Waals surface area contributed by atoms with Gasteiger partial charge in [0.1, 0.15) is 17.6 Å². The third-order valence-electron chi connectivity index (χ3n) is 4.44. The second-order valence-corrected chi connectivity index (χ2v) is 8.55. The van der Waals surface area contributed by atoms with Gasteiger partial charge in [0.25, 0.3) is 0 Å². The SMILES string of the molecule is CC(C)OC1CC(C(=O)Nc2cc(C(C)(C)C)on2)N(c2ccnc(Cl)n2)C1. The standard InChI is InChI=1S/C19H26ClN5O3/c1-11(2)27-12-8-13(25(10-12)16-6-7-21-18(20)23-16)17(26)22-15-9-14(28-24-15)19(3,4)5/h6-7,9,11-13H,8,10H2,1-5H3,(H,22,24,26). The van der Waals surface area contributed by atoms with Crippen molar-refractivity contribution < 1.29 is 14.1 Å². The zero-order valence-electron chi connectivity index (χ0n) is 16.8. The maximum absolute atomic E-state index is 13.0. The van der Waals surface area contributed by atoms with Crippen LogP contribution in [0.1, 0.15) is 46.8 Å². The predicted octanol–water partition coefficient (Wildman–Crippen LogP) is 3.43. The van der Waals surface area contributed by atoms with Crippen molar-refractivity contribution in [2.75, 3.05) is 16.8 Å². The number of hydrogen-bond donors (Lipinski definition) is 1. The minimum atomic E-state index is -0.468. The molecule has 1 aliphatic heterocycles. The summed E-state index contributed by atoms with van der Waals surface area (Å²) in [4.78, 5) is 23.1. The van der Waals surface area contributed by atoms with Crippen LogP contribution in [0, 0.1) is 0 Å². The molecule has 1 amide bonds. The maximum atomic E-state index is 13.0. The van der Waals surface area contributed by atoms with Gasteiger partial charge in [-0.25, -0.2) is 9.97 Å². The van der Waals surface area contributed by atoms with Crippen LogP contribution in [0.5, 0.6) is 0 Å². The fourth-order valence-electron chi connectivity index (χ4n) is 3.17. The van der Waals surface area contributed by atoms with Crippen molar-refractivity contribution in [2.24, 2.45) is 0 Å². The number of amides is 1. The Morgan fingerprint density at radius 3 is 2.79 bits per heavy atom. The van der Waals surface area contributed by atoms with Crippen LogP contribution in [-0.2, 0) is 14.9 Å². The molecule has 2 aromatic rings. The van der Waals surface area contributed by atoms with Crippen LogP contribution in [-0.4, -0.2) is 45.8 Å². The molecular formula is C19H26ClN5O3. The molecule has 152 valence electrons. The van der Waals surface area contributed by atoms with Gasteiger partial charge in [0.15, 0.2) is 5.82 Å². The zero-order chi connectivity index (χ0) is 20.5. The van der Waals surface area contributed by atoms with Gasteiger partial charge in [-0.1, -0.05) is 25.9 Å². The number of halogens is 1. The Kier molecular flexibility index (Phi) is 5.90. The van der Waals surface area contributed by atoms with Gasteiger partial charge < -0.3 is 19.5 Å². The van der Waals surface area contributed by atoms with Crippen LogP contribution in [0.4, 0.5) is 11.6 Å². The van der Waals surface area contributed by atoms with E-state index >= 15 is 0 Å². The van der Waals surface area contributed by atoms with E-state index in [0.717, 1.165) is 0 Å². The van der Waals surface area contributed by atoms with Crippen LogP contribution in [0.3, 0.4) is 0 Å². The van der Waals surface area contributed by atoms with Crippen molar-refractivity contribution in [3.8, 4) is 0 Å². The highest BCUT2D eigenvalue weighted by Crippen LogP contribution is 2.29. The average Bonchev–Trinajstić information content (AvgIpc) is 3.21. The van der Waals surface area contributed by atoms with Crippen molar-refractivity contribution in [2.45, 2.75) is 64.7 Å². The number of nitrogens with zero attached hydrogens (tertiary/aromatic N) is 4. The first-order valence-electron chi connectivity index (χ1n) is 9.32. The molecule has 1 N–H and O–H groups in total. The molecule has 1 fully saturated rings. The summed E-state index contributed by atoms with van der Waals surface area (Å²) in [5, 5.41) is 6.95. The lowest BCUT2D eigenvalue weighted by Crippen LogP contribution is -2.40. The van der Waals surface area contributed by atoms with E-state index in [-0.39, 0.29) is 28.8 Å². The van der Waals surface area contributed by atoms with Gasteiger partial charge in [0, 0.05) is 30.6 Å². The lowest BCUT2D eigenvalue weighted by atomic mass is 9.93. The third-order valence-corrected chi connectivity index (χ3v) is 4.62. The minimum absolute atomic E-state index is 0.0625. The Labute approximate surface area is 169 Å². The first-order valence-corrected chi connectivity index (χ1v) is 9.70. The van der Waals surface area contributed by atoms with Gasteiger partial charge in [0.2, 0.25) is 11.2 Å². The summed E-state index contributed by atoms with van der Waals surface area (Å²) in [5.41, 5.74) is -0.191. The molecule has 0 radical (unpaired) electrons. The van der Waals surface area contributed by atoms with E-state index in [9.17, 15) is 4.79 Å². The Morgan fingerprint density at radius 1 is 1.43 bits per heavy atom. The van der Waals surface area contributed by atoms with Gasteiger partial charge in [-0.2, -0.15) is 0 Å². The largest absolute Gasteiger partial charge is 0.374 e. The molecule has 0 aliphatic carbocycles. The minimum Gasteiger partial charge on any atom is -0.374 e. The van der Waals surface area contributed by atoms with Crippen molar-refractivity contribution in [3.63, 3.8) is 0 Å². The van der Waals surface area contributed by atoms with Gasteiger partial charge in [-0.3, -0.25) is 4.79 Å². The molecule has 3 rings (SSSR count). The molecule has 0 bridgehead atoms. The lowest BCUT2D eigenvalue weighted by molar-refractivity contribution is -0.117. The van der Waals surface area contributed by atoms with Crippen LogP contribution in [0.2, 0.25) is 5.28 Å². The molecule has 1 aliphatic rings. The highest BCUT2D eigenvalue weighted by molar-refractivity contribution is 6.28. The Morgan fingerprint density at radius 2 is 2.18 bits per heavy atom. The van der Waals surface area contributed by atoms with E-state index < -0.39 is 6.04 Å². The molecule has 9 heteroatoms. The average molecular weight is 408 g/mol. The summed E-state index contributed by atoms with van der Waals surface area (Å²) < 4.78 is 11.3. The topological polar surface area (TPSA) is 93.4 Å². The second-order valence-electron chi connectivity index (χ2n) is 8.21. The molecule has 28 heavy (non-hydrogen) atoms. The summed E-state index contributed by atoms with van der Waals surface area (Å²) >= 11 is 5.94. The fraction of sp³-hybridized carbons (Fsp3) is 0.579. The maximum Gasteiger partial charge on any atom is 0.248 e. The van der Waals surface area contributed by atoms with E-state index in [1.165, 1.54) is 0 Å². The van der Waals surface area contributed by atoms with Gasteiger partial charge in [0.05, 0.1) is 12.2 Å². The molecule has 2 unspecified atom stereocenters. The normalized spacial score (nSPS) is 20.0. The Bertz CT molecular complexity index is 833. The van der Waals surface area contributed by atoms with Crippen LogP contribution >= 0.6 is 11.6 Å². The molecule has 2 aromatic heterocycles. The third kappa shape index (κ3) is 4.80. The van der Waals surface area contributed by atoms with Gasteiger partial charge >= 0.3 is 0 Å². The molecule has 0 aromatic carbocycles. The van der Waals surface area contributed by atoms with Crippen molar-refractivity contribution in [3.05, 3.63) is 29.4 Å². The van der Waals surface area contributed by atoms with E-state index in [2.05, 4.69) is 20.4 Å². The number of hydrogen-bond acceptors (Lipinski definition) is 7. The second kappa shape index (κ2) is 8.05. The van der Waals surface area contributed by atoms with E-state index in [0.29, 0.717) is 30.4 Å². The Balaban J connectivity index is 1.79. The fourth-order valence-corrected chi connectivity index (χ4v) is 3.31. The highest BCUT2D eigenvalue weighted by Gasteiger charge is 2.39. The molecule has 2 atom stereocenters. The summed E-state index contributed by atoms with van der Waals surface area (Å²) in [6.07, 6.45) is 2.08. The molecule has 3 heterocycles. The van der Waals surface area contributed by atoms with Gasteiger partial charge in [-0.15, -0.1) is 0 Å². The molecule has 1 saturated heterocycles. The number of aromatic nitrogens is 3. The lowest BCUT2D eigenvalue weighted by Gasteiger charge is -2.24. The van der Waals surface area contributed by atoms with Crippen LogP contribution in [0.25, 0.3) is 0 Å². The number of ether oxygens (including phenoxy) is 1. The predicted molar refractivity (Wildman–Crippen MR) is 107 cm³/mol. The van der Waals surface area contributed by atoms with Crippen molar-refractivity contribution in [1.29, 1.82) is 0 Å². The number of carbonyl (C=O) groups is 1. The first-order chi connectivity index (χ1) is 13.1. The van der Waals surface area contributed by atoms with Crippen LogP contribution < -0.4 is 10.2 Å². The first kappa shape index (κ1) is 20.5. The highest BCUT2D eigenvalue weighted by atomic mass is 35.5. The molecule has 0 saturated carbocycles. The molecule has 8 nitrogen and oxygen atoms in total. The monoisotopic (exact) mass is 407 g/mol. The van der Waals surface area contributed by atoms with Crippen molar-refractivity contribution in [1.82, 2.24) is 15.1 Å². The number of carbonyl (C=O) groups excluding carboxylic acids is 1. The number of nitrogens with one attached hydrogen (secondary N) is 1. The zero-order valence-corrected chi connectivity index (χ0v) is 17.5. The van der Waals surface area contributed by atoms with E-state index in [4.69, 9.17) is 20.9 Å². The van der Waals surface area contributed by atoms with Crippen molar-refractivity contribution >= 4 is 29.1 Å². The Hall–Kier alpha value is -2.19. The molecular weight excluding hydrogens is 382 g/mol. The number of rotatable bonds is 5. The van der Waals surface area contributed by atoms with Gasteiger partial charge in [-0.05, 0) is 31.5 Å². The quantitative estimate of drug-likeness (QED) is 0.759. The summed E-state index contributed by atoms with van der Waals surface area (Å²) in [6.45, 7) is 10.5.